The number of benzene rings is 1. The molecular formula is C16H22N2OS. The van der Waals surface area contributed by atoms with Crippen molar-refractivity contribution in [3.05, 3.63) is 30.5 Å². The monoisotopic (exact) mass is 290 g/mol. The second-order valence-corrected chi connectivity index (χ2v) is 6.53. The van der Waals surface area contributed by atoms with Crippen LogP contribution in [0.5, 0.6) is 5.75 Å². The zero-order valence-corrected chi connectivity index (χ0v) is 13.3. The first kappa shape index (κ1) is 14.9. The van der Waals surface area contributed by atoms with Crippen molar-refractivity contribution in [3.8, 4) is 16.2 Å². The van der Waals surface area contributed by atoms with Gasteiger partial charge in [0.25, 0.3) is 0 Å². The molecule has 2 aromatic rings. The highest BCUT2D eigenvalue weighted by Crippen LogP contribution is 2.31. The van der Waals surface area contributed by atoms with Gasteiger partial charge >= 0.3 is 0 Å². The van der Waals surface area contributed by atoms with Crippen molar-refractivity contribution in [2.24, 2.45) is 5.92 Å². The summed E-state index contributed by atoms with van der Waals surface area (Å²) < 4.78 is 5.73. The van der Waals surface area contributed by atoms with Gasteiger partial charge in [0.15, 0.2) is 5.13 Å². The van der Waals surface area contributed by atoms with Crippen molar-refractivity contribution in [1.29, 1.82) is 0 Å². The molecule has 2 rings (SSSR count). The van der Waals surface area contributed by atoms with Crippen LogP contribution in [0.25, 0.3) is 10.4 Å². The van der Waals surface area contributed by atoms with E-state index >= 15 is 0 Å². The predicted octanol–water partition coefficient (Wildman–Crippen LogP) is 4.67. The Bertz CT molecular complexity index is 549. The van der Waals surface area contributed by atoms with E-state index in [2.05, 4.69) is 36.3 Å². The molecule has 0 spiro atoms. The predicted molar refractivity (Wildman–Crippen MR) is 86.6 cm³/mol. The number of hydrogen-bond donors (Lipinski definition) is 1. The highest BCUT2D eigenvalue weighted by atomic mass is 32.1. The lowest BCUT2D eigenvalue weighted by Gasteiger charge is -2.10. The summed E-state index contributed by atoms with van der Waals surface area (Å²) in [4.78, 5) is 5.58. The zero-order valence-electron chi connectivity index (χ0n) is 12.5. The smallest absolute Gasteiger partial charge is 0.183 e. The number of ether oxygens (including phenoxy) is 1. The van der Waals surface area contributed by atoms with Gasteiger partial charge in [-0.05, 0) is 37.5 Å². The van der Waals surface area contributed by atoms with Gasteiger partial charge in [-0.3, -0.25) is 0 Å². The lowest BCUT2D eigenvalue weighted by Crippen LogP contribution is -2.07. The molecule has 0 aliphatic heterocycles. The van der Waals surface area contributed by atoms with Crippen LogP contribution in [-0.4, -0.2) is 17.6 Å². The molecule has 1 heterocycles. The molecule has 0 atom stereocenters. The summed E-state index contributed by atoms with van der Waals surface area (Å²) in [5.41, 5.74) is 1.15. The molecule has 3 nitrogen and oxygen atoms in total. The minimum Gasteiger partial charge on any atom is -0.491 e. The lowest BCUT2D eigenvalue weighted by atomic mass is 10.2. The van der Waals surface area contributed by atoms with E-state index in [0.717, 1.165) is 27.9 Å². The van der Waals surface area contributed by atoms with Crippen molar-refractivity contribution in [2.75, 3.05) is 11.9 Å². The van der Waals surface area contributed by atoms with Gasteiger partial charge in [0.2, 0.25) is 0 Å². The Hall–Kier alpha value is -1.55. The molecule has 0 amide bonds. The van der Waals surface area contributed by atoms with Crippen molar-refractivity contribution >= 4 is 16.5 Å². The highest BCUT2D eigenvalue weighted by molar-refractivity contribution is 7.18. The maximum atomic E-state index is 5.73. The zero-order chi connectivity index (χ0) is 14.5. The maximum absolute atomic E-state index is 5.73. The molecule has 4 heteroatoms. The van der Waals surface area contributed by atoms with Gasteiger partial charge in [-0.15, -0.1) is 0 Å². The van der Waals surface area contributed by atoms with Gasteiger partial charge in [-0.1, -0.05) is 37.3 Å². The number of hydrogen-bond acceptors (Lipinski definition) is 4. The molecule has 0 saturated heterocycles. The van der Waals surface area contributed by atoms with Crippen molar-refractivity contribution in [2.45, 2.75) is 33.8 Å². The summed E-state index contributed by atoms with van der Waals surface area (Å²) >= 11 is 1.68. The van der Waals surface area contributed by atoms with Crippen LogP contribution in [0.3, 0.4) is 0 Å². The highest BCUT2D eigenvalue weighted by Gasteiger charge is 2.06. The molecule has 20 heavy (non-hydrogen) atoms. The van der Waals surface area contributed by atoms with Crippen LogP contribution in [0, 0.1) is 5.92 Å². The third-order valence-electron chi connectivity index (χ3n) is 2.66. The van der Waals surface area contributed by atoms with Gasteiger partial charge in [0, 0.05) is 12.7 Å². The fraction of sp³-hybridized carbons (Fsp3) is 0.438. The molecule has 1 aromatic carbocycles. The molecular weight excluding hydrogens is 268 g/mol. The van der Waals surface area contributed by atoms with E-state index in [0.29, 0.717) is 5.92 Å². The van der Waals surface area contributed by atoms with Crippen LogP contribution in [0.1, 0.15) is 27.7 Å². The largest absolute Gasteiger partial charge is 0.491 e. The minimum absolute atomic E-state index is 0.190. The number of nitrogens with one attached hydrogen (secondary N) is 1. The number of anilines is 1. The van der Waals surface area contributed by atoms with Crippen molar-refractivity contribution in [3.63, 3.8) is 0 Å². The maximum Gasteiger partial charge on any atom is 0.183 e. The van der Waals surface area contributed by atoms with E-state index in [1.54, 1.807) is 11.3 Å². The second kappa shape index (κ2) is 6.75. The van der Waals surface area contributed by atoms with E-state index in [9.17, 15) is 0 Å². The number of thiazole rings is 1. The molecule has 1 N–H and O–H groups in total. The van der Waals surface area contributed by atoms with Gasteiger partial charge in [0.05, 0.1) is 11.0 Å². The molecule has 0 unspecified atom stereocenters. The van der Waals surface area contributed by atoms with Gasteiger partial charge < -0.3 is 10.1 Å². The minimum atomic E-state index is 0.190. The van der Waals surface area contributed by atoms with Gasteiger partial charge in [-0.25, -0.2) is 4.98 Å². The SMILES string of the molecule is CC(C)CNc1ncc(-c2cccc(OC(C)C)c2)s1. The van der Waals surface area contributed by atoms with Crippen molar-refractivity contribution < 1.29 is 4.74 Å². The first-order valence-corrected chi connectivity index (χ1v) is 7.83. The van der Waals surface area contributed by atoms with E-state index in [-0.39, 0.29) is 6.10 Å². The number of aromatic nitrogens is 1. The molecule has 0 radical (unpaired) electrons. The molecule has 108 valence electrons. The van der Waals surface area contributed by atoms with Crippen LogP contribution in [-0.2, 0) is 0 Å². The van der Waals surface area contributed by atoms with Crippen LogP contribution >= 0.6 is 11.3 Å². The standard InChI is InChI=1S/C16H22N2OS/c1-11(2)9-17-16-18-10-15(20-16)13-6-5-7-14(8-13)19-12(3)4/h5-8,10-12H,9H2,1-4H3,(H,17,18). The summed E-state index contributed by atoms with van der Waals surface area (Å²) in [7, 11) is 0. The average molecular weight is 290 g/mol. The van der Waals surface area contributed by atoms with E-state index in [1.807, 2.05) is 32.2 Å². The lowest BCUT2D eigenvalue weighted by molar-refractivity contribution is 0.242. The fourth-order valence-electron chi connectivity index (χ4n) is 1.78. The first-order valence-electron chi connectivity index (χ1n) is 7.01. The van der Waals surface area contributed by atoms with Crippen LogP contribution in [0.15, 0.2) is 30.5 Å². The molecule has 0 saturated carbocycles. The van der Waals surface area contributed by atoms with Gasteiger partial charge in [0.1, 0.15) is 5.75 Å². The Labute approximate surface area is 125 Å². The second-order valence-electron chi connectivity index (χ2n) is 5.50. The van der Waals surface area contributed by atoms with E-state index in [1.165, 1.54) is 0 Å². The summed E-state index contributed by atoms with van der Waals surface area (Å²) in [5.74, 6) is 1.52. The Morgan fingerprint density at radius 2 is 2.05 bits per heavy atom. The molecule has 0 aliphatic carbocycles. The molecule has 0 aliphatic rings. The average Bonchev–Trinajstić information content (AvgIpc) is 2.84. The molecule has 1 aromatic heterocycles. The Morgan fingerprint density at radius 3 is 2.75 bits per heavy atom. The van der Waals surface area contributed by atoms with Gasteiger partial charge in [-0.2, -0.15) is 0 Å². The molecule has 0 bridgehead atoms. The summed E-state index contributed by atoms with van der Waals surface area (Å²) in [6.07, 6.45) is 2.11. The van der Waals surface area contributed by atoms with Crippen LogP contribution < -0.4 is 10.1 Å². The topological polar surface area (TPSA) is 34.2 Å². The third-order valence-corrected chi connectivity index (χ3v) is 3.66. The normalized spacial score (nSPS) is 11.1. The molecule has 0 fully saturated rings. The quantitative estimate of drug-likeness (QED) is 0.839. The Morgan fingerprint density at radius 1 is 1.25 bits per heavy atom. The Kier molecular flexibility index (Phi) is 5.01. The summed E-state index contributed by atoms with van der Waals surface area (Å²) in [5, 5.41) is 4.33. The van der Waals surface area contributed by atoms with Crippen LogP contribution in [0.2, 0.25) is 0 Å². The fourth-order valence-corrected chi connectivity index (χ4v) is 2.60. The summed E-state index contributed by atoms with van der Waals surface area (Å²) in [6, 6.07) is 8.17. The van der Waals surface area contributed by atoms with Crippen molar-refractivity contribution in [1.82, 2.24) is 4.98 Å². The number of rotatable bonds is 6. The first-order chi connectivity index (χ1) is 9.54. The van der Waals surface area contributed by atoms with E-state index < -0.39 is 0 Å². The summed E-state index contributed by atoms with van der Waals surface area (Å²) in [6.45, 7) is 9.40. The third kappa shape index (κ3) is 4.23. The van der Waals surface area contributed by atoms with Crippen LogP contribution in [0.4, 0.5) is 5.13 Å². The Balaban J connectivity index is 2.11. The van der Waals surface area contributed by atoms with E-state index in [4.69, 9.17) is 4.74 Å². The number of nitrogens with zero attached hydrogens (tertiary/aromatic N) is 1.